The van der Waals surface area contributed by atoms with Crippen molar-refractivity contribution in [2.24, 2.45) is 0 Å². The van der Waals surface area contributed by atoms with E-state index >= 15 is 0 Å². The molecule has 3 heterocycles. The maximum Gasteiger partial charge on any atom is 0.115 e. The van der Waals surface area contributed by atoms with Crippen LogP contribution in [0.1, 0.15) is 25.1 Å². The Hall–Kier alpha value is -1.16. The number of imidazole rings is 1. The Bertz CT molecular complexity index is 514. The number of hydrogen-bond acceptors (Lipinski definition) is 3. The van der Waals surface area contributed by atoms with Crippen molar-refractivity contribution in [1.82, 2.24) is 9.38 Å². The molecule has 4 heteroatoms. The van der Waals surface area contributed by atoms with E-state index in [4.69, 9.17) is 5.73 Å². The molecule has 0 aliphatic carbocycles. The zero-order valence-corrected chi connectivity index (χ0v) is 10.6. The predicted octanol–water partition coefficient (Wildman–Crippen LogP) is 2.74. The van der Waals surface area contributed by atoms with Gasteiger partial charge in [0.2, 0.25) is 0 Å². The fourth-order valence-electron chi connectivity index (χ4n) is 2.46. The van der Waals surface area contributed by atoms with Crippen LogP contribution in [-0.4, -0.2) is 20.4 Å². The zero-order chi connectivity index (χ0) is 11.7. The van der Waals surface area contributed by atoms with E-state index in [1.807, 2.05) is 18.3 Å². The Kier molecular flexibility index (Phi) is 2.97. The lowest BCUT2D eigenvalue weighted by molar-refractivity contribution is 0.647. The van der Waals surface area contributed by atoms with Gasteiger partial charge in [-0.1, -0.05) is 12.5 Å². The van der Waals surface area contributed by atoms with Gasteiger partial charge in [0.15, 0.2) is 0 Å². The van der Waals surface area contributed by atoms with Gasteiger partial charge in [-0.15, -0.1) is 0 Å². The van der Waals surface area contributed by atoms with Crippen LogP contribution in [0.3, 0.4) is 0 Å². The summed E-state index contributed by atoms with van der Waals surface area (Å²) in [6.07, 6.45) is 6.99. The van der Waals surface area contributed by atoms with Gasteiger partial charge >= 0.3 is 0 Å². The first-order valence-electron chi connectivity index (χ1n) is 6.17. The number of nitrogens with zero attached hydrogens (tertiary/aromatic N) is 2. The van der Waals surface area contributed by atoms with E-state index in [1.165, 1.54) is 25.0 Å². The molecular weight excluding hydrogens is 230 g/mol. The van der Waals surface area contributed by atoms with Crippen LogP contribution in [-0.2, 0) is 6.42 Å². The molecule has 1 saturated heterocycles. The van der Waals surface area contributed by atoms with Gasteiger partial charge in [-0.3, -0.25) is 4.40 Å². The SMILES string of the molecule is Nc1cccc2cnc(CC3CCCCS3)n12. The third kappa shape index (κ3) is 2.14. The van der Waals surface area contributed by atoms with Crippen molar-refractivity contribution in [2.75, 3.05) is 11.5 Å². The average molecular weight is 247 g/mol. The van der Waals surface area contributed by atoms with Crippen molar-refractivity contribution in [2.45, 2.75) is 30.9 Å². The molecule has 0 amide bonds. The van der Waals surface area contributed by atoms with Gasteiger partial charge in [0.25, 0.3) is 0 Å². The second-order valence-electron chi connectivity index (χ2n) is 4.58. The molecule has 0 aromatic carbocycles. The standard InChI is InChI=1S/C13H17N3S/c14-12-6-3-4-10-9-15-13(16(10)12)8-11-5-1-2-7-17-11/h3-4,6,9,11H,1-2,5,7-8,14H2. The first kappa shape index (κ1) is 11.0. The molecule has 1 aliphatic rings. The number of fused-ring (bicyclic) bond motifs is 1. The number of pyridine rings is 1. The van der Waals surface area contributed by atoms with Gasteiger partial charge in [-0.2, -0.15) is 11.8 Å². The van der Waals surface area contributed by atoms with Crippen molar-refractivity contribution < 1.29 is 0 Å². The first-order valence-corrected chi connectivity index (χ1v) is 7.22. The molecule has 1 unspecified atom stereocenters. The number of aromatic nitrogens is 2. The maximum absolute atomic E-state index is 6.02. The first-order chi connectivity index (χ1) is 8.34. The van der Waals surface area contributed by atoms with Crippen molar-refractivity contribution in [3.63, 3.8) is 0 Å². The average Bonchev–Trinajstić information content (AvgIpc) is 2.75. The highest BCUT2D eigenvalue weighted by Crippen LogP contribution is 2.28. The van der Waals surface area contributed by atoms with Crippen LogP contribution in [0.25, 0.3) is 5.52 Å². The monoisotopic (exact) mass is 247 g/mol. The Morgan fingerprint density at radius 3 is 3.18 bits per heavy atom. The highest BCUT2D eigenvalue weighted by Gasteiger charge is 2.17. The molecule has 0 bridgehead atoms. The molecule has 0 radical (unpaired) electrons. The minimum atomic E-state index is 0.717. The van der Waals surface area contributed by atoms with Crippen LogP contribution in [0.15, 0.2) is 24.4 Å². The van der Waals surface area contributed by atoms with Crippen molar-refractivity contribution in [3.8, 4) is 0 Å². The van der Waals surface area contributed by atoms with Gasteiger partial charge in [0.1, 0.15) is 11.6 Å². The van der Waals surface area contributed by atoms with Crippen molar-refractivity contribution >= 4 is 23.1 Å². The Morgan fingerprint density at radius 2 is 2.35 bits per heavy atom. The van der Waals surface area contributed by atoms with Gasteiger partial charge in [-0.05, 0) is 30.7 Å². The Morgan fingerprint density at radius 1 is 1.41 bits per heavy atom. The lowest BCUT2D eigenvalue weighted by atomic mass is 10.1. The van der Waals surface area contributed by atoms with Crippen molar-refractivity contribution in [3.05, 3.63) is 30.2 Å². The van der Waals surface area contributed by atoms with E-state index in [-0.39, 0.29) is 0 Å². The lowest BCUT2D eigenvalue weighted by Gasteiger charge is -2.20. The van der Waals surface area contributed by atoms with Crippen LogP contribution in [0.4, 0.5) is 5.82 Å². The molecule has 1 aliphatic heterocycles. The summed E-state index contributed by atoms with van der Waals surface area (Å²) in [4.78, 5) is 4.52. The number of anilines is 1. The highest BCUT2D eigenvalue weighted by atomic mass is 32.2. The summed E-state index contributed by atoms with van der Waals surface area (Å²) in [7, 11) is 0. The third-order valence-corrected chi connectivity index (χ3v) is 4.74. The van der Waals surface area contributed by atoms with Gasteiger partial charge in [0.05, 0.1) is 11.7 Å². The number of hydrogen-bond donors (Lipinski definition) is 1. The predicted molar refractivity (Wildman–Crippen MR) is 73.4 cm³/mol. The normalized spacial score (nSPS) is 20.8. The zero-order valence-electron chi connectivity index (χ0n) is 9.80. The molecule has 1 atom stereocenters. The number of nitrogens with two attached hydrogens (primary N) is 1. The largest absolute Gasteiger partial charge is 0.385 e. The minimum absolute atomic E-state index is 0.717. The summed E-state index contributed by atoms with van der Waals surface area (Å²) < 4.78 is 2.08. The lowest BCUT2D eigenvalue weighted by Crippen LogP contribution is -2.15. The Balaban J connectivity index is 1.89. The molecular formula is C13H17N3S. The molecule has 1 fully saturated rings. The summed E-state index contributed by atoms with van der Waals surface area (Å²) in [6, 6.07) is 5.97. The van der Waals surface area contributed by atoms with Gasteiger partial charge < -0.3 is 5.73 Å². The smallest absolute Gasteiger partial charge is 0.115 e. The summed E-state index contributed by atoms with van der Waals surface area (Å²) in [5.74, 6) is 3.19. The molecule has 2 aromatic heterocycles. The summed E-state index contributed by atoms with van der Waals surface area (Å²) in [5, 5.41) is 0.717. The van der Waals surface area contributed by atoms with E-state index in [1.54, 1.807) is 0 Å². The second kappa shape index (κ2) is 4.61. The summed E-state index contributed by atoms with van der Waals surface area (Å²) in [5.41, 5.74) is 7.12. The van der Waals surface area contributed by atoms with Crippen LogP contribution in [0, 0.1) is 0 Å². The van der Waals surface area contributed by atoms with E-state index < -0.39 is 0 Å². The molecule has 0 saturated carbocycles. The molecule has 17 heavy (non-hydrogen) atoms. The van der Waals surface area contributed by atoms with Crippen LogP contribution >= 0.6 is 11.8 Å². The molecule has 2 N–H and O–H groups in total. The Labute approximate surface area is 105 Å². The highest BCUT2D eigenvalue weighted by molar-refractivity contribution is 7.99. The molecule has 90 valence electrons. The minimum Gasteiger partial charge on any atom is -0.385 e. The van der Waals surface area contributed by atoms with E-state index in [0.717, 1.165) is 23.6 Å². The van der Waals surface area contributed by atoms with Crippen LogP contribution in [0.5, 0.6) is 0 Å². The van der Waals surface area contributed by atoms with Crippen LogP contribution < -0.4 is 5.73 Å². The summed E-state index contributed by atoms with van der Waals surface area (Å²) in [6.45, 7) is 0. The number of nitrogen functional groups attached to an aromatic ring is 1. The van der Waals surface area contributed by atoms with E-state index in [9.17, 15) is 0 Å². The van der Waals surface area contributed by atoms with Gasteiger partial charge in [0, 0.05) is 11.7 Å². The van der Waals surface area contributed by atoms with Gasteiger partial charge in [-0.25, -0.2) is 4.98 Å². The summed E-state index contributed by atoms with van der Waals surface area (Å²) >= 11 is 2.08. The molecule has 2 aromatic rings. The van der Waals surface area contributed by atoms with E-state index in [2.05, 4.69) is 27.2 Å². The maximum atomic E-state index is 6.02. The molecule has 3 rings (SSSR count). The molecule has 3 nitrogen and oxygen atoms in total. The number of thioether (sulfide) groups is 1. The number of rotatable bonds is 2. The van der Waals surface area contributed by atoms with E-state index in [0.29, 0.717) is 5.25 Å². The third-order valence-electron chi connectivity index (χ3n) is 3.34. The molecule has 0 spiro atoms. The van der Waals surface area contributed by atoms with Crippen molar-refractivity contribution in [1.29, 1.82) is 0 Å². The second-order valence-corrected chi connectivity index (χ2v) is 5.99. The topological polar surface area (TPSA) is 43.3 Å². The fourth-order valence-corrected chi connectivity index (χ4v) is 3.76. The quantitative estimate of drug-likeness (QED) is 0.887. The fraction of sp³-hybridized carbons (Fsp3) is 0.462. The van der Waals surface area contributed by atoms with Crippen LogP contribution in [0.2, 0.25) is 0 Å².